The fraction of sp³-hybridized carbons (Fsp3) is 0.760. The van der Waals surface area contributed by atoms with Crippen LogP contribution in [0.25, 0.3) is 0 Å². The van der Waals surface area contributed by atoms with Crippen molar-refractivity contribution < 1.29 is 37.6 Å². The lowest BCUT2D eigenvalue weighted by Crippen LogP contribution is -2.29. The Bertz CT molecular complexity index is 1720. The van der Waals surface area contributed by atoms with E-state index in [4.69, 9.17) is 24.3 Å². The zero-order valence-electron chi connectivity index (χ0n) is 55.3. The van der Waals surface area contributed by atoms with Gasteiger partial charge in [-0.05, 0) is 77.0 Å². The molecule has 0 aromatic carbocycles. The van der Waals surface area contributed by atoms with E-state index in [0.29, 0.717) is 6.42 Å². The number of hydrogen-bond acceptors (Lipinski definition) is 8. The van der Waals surface area contributed by atoms with Gasteiger partial charge in [-0.2, -0.15) is 0 Å². The minimum Gasteiger partial charge on any atom is -0.462 e. The lowest BCUT2D eigenvalue weighted by atomic mass is 10.0. The van der Waals surface area contributed by atoms with Gasteiger partial charge in [-0.15, -0.1) is 0 Å². The van der Waals surface area contributed by atoms with Crippen molar-refractivity contribution in [3.05, 3.63) is 97.2 Å². The van der Waals surface area contributed by atoms with Crippen molar-refractivity contribution in [1.82, 2.24) is 0 Å². The summed E-state index contributed by atoms with van der Waals surface area (Å²) in [6.45, 7) is 3.68. The van der Waals surface area contributed by atoms with E-state index >= 15 is 0 Å². The molecule has 0 spiro atoms. The summed E-state index contributed by atoms with van der Waals surface area (Å²) >= 11 is 0. The molecule has 0 fully saturated rings. The Hall–Kier alpha value is -3.07. The first-order valence-electron chi connectivity index (χ1n) is 35.7. The van der Waals surface area contributed by atoms with Crippen LogP contribution in [-0.2, 0) is 32.7 Å². The number of phosphoric acid groups is 1. The highest BCUT2D eigenvalue weighted by atomic mass is 31.2. The Kier molecular flexibility index (Phi) is 67.5. The number of esters is 2. The highest BCUT2D eigenvalue weighted by molar-refractivity contribution is 7.47. The molecule has 0 radical (unpaired) electrons. The standard InChI is InChI=1S/C75H134NO8P/c1-3-5-7-9-11-13-15-17-19-21-23-25-27-29-30-31-32-33-34-35-36-37-38-39-40-41-42-44-46-48-50-52-54-56-58-60-62-64-66-68-75(78)84-73(72-83-85(79,80)82-70-69-76)71-81-74(77)67-65-63-61-59-57-55-53-51-49-47-45-43-28-26-24-22-20-18-16-14-12-10-8-6-4-2/h5,7,11,13,17,19,23,25,29-30,32-33,35-36,38-39,73H,3-4,6,8-10,12,14-16,18,20-22,24,26-28,31,34,37,40-72,76H2,1-2H3,(H,79,80)/b7-5-,13-11-,19-17-,25-23-,30-29-,33-32-,36-35-,39-38-. The molecule has 0 saturated carbocycles. The van der Waals surface area contributed by atoms with Crippen molar-refractivity contribution >= 4 is 19.8 Å². The summed E-state index contributed by atoms with van der Waals surface area (Å²) in [5, 5.41) is 0. The average molecular weight is 1210 g/mol. The third-order valence-electron chi connectivity index (χ3n) is 15.5. The number of phosphoric ester groups is 1. The Balaban J connectivity index is 3.87. The number of unbranched alkanes of at least 4 members (excludes halogenated alkanes) is 38. The molecule has 0 heterocycles. The van der Waals surface area contributed by atoms with Crippen LogP contribution in [0.3, 0.4) is 0 Å². The van der Waals surface area contributed by atoms with Gasteiger partial charge in [0.15, 0.2) is 6.10 Å². The van der Waals surface area contributed by atoms with E-state index in [1.54, 1.807) is 0 Å². The van der Waals surface area contributed by atoms with Gasteiger partial charge in [-0.25, -0.2) is 4.57 Å². The lowest BCUT2D eigenvalue weighted by Gasteiger charge is -2.19. The van der Waals surface area contributed by atoms with Crippen molar-refractivity contribution in [2.75, 3.05) is 26.4 Å². The van der Waals surface area contributed by atoms with Crippen molar-refractivity contribution in [1.29, 1.82) is 0 Å². The molecule has 0 bridgehead atoms. The molecular weight excluding hydrogens is 1070 g/mol. The van der Waals surface area contributed by atoms with Crippen LogP contribution >= 0.6 is 7.82 Å². The zero-order chi connectivity index (χ0) is 61.6. The van der Waals surface area contributed by atoms with Gasteiger partial charge >= 0.3 is 19.8 Å². The van der Waals surface area contributed by atoms with Gasteiger partial charge in [0.25, 0.3) is 0 Å². The second kappa shape index (κ2) is 70.0. The first-order chi connectivity index (χ1) is 41.8. The van der Waals surface area contributed by atoms with Crippen LogP contribution in [0.1, 0.15) is 335 Å². The van der Waals surface area contributed by atoms with Crippen LogP contribution < -0.4 is 5.73 Å². The highest BCUT2D eigenvalue weighted by Gasteiger charge is 2.26. The van der Waals surface area contributed by atoms with Crippen LogP contribution in [0.15, 0.2) is 97.2 Å². The third kappa shape index (κ3) is 69.9. The van der Waals surface area contributed by atoms with Crippen LogP contribution in [0.4, 0.5) is 0 Å². The average Bonchev–Trinajstić information content (AvgIpc) is 3.53. The first kappa shape index (κ1) is 81.9. The van der Waals surface area contributed by atoms with E-state index in [1.807, 2.05) is 0 Å². The lowest BCUT2D eigenvalue weighted by molar-refractivity contribution is -0.161. The minimum atomic E-state index is -4.40. The monoisotopic (exact) mass is 1210 g/mol. The van der Waals surface area contributed by atoms with E-state index in [-0.39, 0.29) is 38.6 Å². The molecule has 0 amide bonds. The molecule has 492 valence electrons. The molecule has 10 heteroatoms. The molecule has 0 aliphatic heterocycles. The maximum absolute atomic E-state index is 12.8. The topological polar surface area (TPSA) is 134 Å². The van der Waals surface area contributed by atoms with Crippen LogP contribution in [0.2, 0.25) is 0 Å². The molecule has 0 aromatic rings. The molecule has 0 aliphatic carbocycles. The maximum atomic E-state index is 12.8. The molecule has 0 rings (SSSR count). The largest absolute Gasteiger partial charge is 0.472 e. The third-order valence-corrected chi connectivity index (χ3v) is 16.5. The molecule has 9 nitrogen and oxygen atoms in total. The number of ether oxygens (including phenoxy) is 2. The second-order valence-electron chi connectivity index (χ2n) is 23.7. The number of hydrogen-bond donors (Lipinski definition) is 2. The molecular formula is C75H134NO8P. The summed E-state index contributed by atoms with van der Waals surface area (Å²) in [5.41, 5.74) is 5.40. The summed E-state index contributed by atoms with van der Waals surface area (Å²) in [5.74, 6) is -0.815. The van der Waals surface area contributed by atoms with Crippen molar-refractivity contribution in [3.8, 4) is 0 Å². The van der Waals surface area contributed by atoms with E-state index in [9.17, 15) is 19.0 Å². The number of carbonyl (C=O) groups excluding carboxylic acids is 2. The first-order valence-corrected chi connectivity index (χ1v) is 37.2. The predicted octanol–water partition coefficient (Wildman–Crippen LogP) is 23.5. The Labute approximate surface area is 525 Å². The fourth-order valence-corrected chi connectivity index (χ4v) is 11.0. The quantitative estimate of drug-likeness (QED) is 0.0264. The van der Waals surface area contributed by atoms with Crippen molar-refractivity contribution in [2.45, 2.75) is 341 Å². The molecule has 0 aliphatic rings. The van der Waals surface area contributed by atoms with Gasteiger partial charge in [-0.1, -0.05) is 342 Å². The van der Waals surface area contributed by atoms with Gasteiger partial charge < -0.3 is 20.1 Å². The normalized spacial score (nSPS) is 13.5. The van der Waals surface area contributed by atoms with Gasteiger partial charge in [0, 0.05) is 19.4 Å². The van der Waals surface area contributed by atoms with E-state index in [2.05, 4.69) is 111 Å². The van der Waals surface area contributed by atoms with Gasteiger partial charge in [0.1, 0.15) is 6.61 Å². The zero-order valence-corrected chi connectivity index (χ0v) is 56.2. The summed E-state index contributed by atoms with van der Waals surface area (Å²) < 4.78 is 33.2. The summed E-state index contributed by atoms with van der Waals surface area (Å²) in [7, 11) is -4.40. The van der Waals surface area contributed by atoms with E-state index in [1.165, 1.54) is 212 Å². The molecule has 0 aromatic heterocycles. The highest BCUT2D eigenvalue weighted by Crippen LogP contribution is 2.43. The predicted molar refractivity (Wildman–Crippen MR) is 367 cm³/mol. The minimum absolute atomic E-state index is 0.0524. The second-order valence-corrected chi connectivity index (χ2v) is 25.2. The SMILES string of the molecule is CC/C=C\C/C=C\C/C=C\C/C=C\C/C=C\C/C=C\C/C=C\C/C=C\CCCCCCCCCCCCCCCCC(=O)OC(COC(=O)CCCCCCCCCCCCCCCCCCCCCCCCCCC)COP(=O)(O)OCCN. The number of carbonyl (C=O) groups is 2. The van der Waals surface area contributed by atoms with Crippen LogP contribution in [-0.4, -0.2) is 49.3 Å². The van der Waals surface area contributed by atoms with Crippen molar-refractivity contribution in [2.24, 2.45) is 5.73 Å². The van der Waals surface area contributed by atoms with Gasteiger partial charge in [0.2, 0.25) is 0 Å². The molecule has 2 atom stereocenters. The molecule has 3 N–H and O–H groups in total. The van der Waals surface area contributed by atoms with Gasteiger partial charge in [-0.3, -0.25) is 18.6 Å². The number of nitrogens with two attached hydrogens (primary N) is 1. The van der Waals surface area contributed by atoms with E-state index in [0.717, 1.165) is 89.9 Å². The Morgan fingerprint density at radius 3 is 0.965 bits per heavy atom. The summed E-state index contributed by atoms with van der Waals surface area (Å²) in [4.78, 5) is 35.4. The smallest absolute Gasteiger partial charge is 0.462 e. The van der Waals surface area contributed by atoms with Crippen molar-refractivity contribution in [3.63, 3.8) is 0 Å². The molecule has 2 unspecified atom stereocenters. The molecule has 85 heavy (non-hydrogen) atoms. The fourth-order valence-electron chi connectivity index (χ4n) is 10.2. The molecule has 0 saturated heterocycles. The van der Waals surface area contributed by atoms with Gasteiger partial charge in [0.05, 0.1) is 13.2 Å². The maximum Gasteiger partial charge on any atom is 0.472 e. The Morgan fingerprint density at radius 2 is 0.647 bits per heavy atom. The van der Waals surface area contributed by atoms with E-state index < -0.39 is 26.5 Å². The Morgan fingerprint density at radius 1 is 0.365 bits per heavy atom. The number of allylic oxidation sites excluding steroid dienone is 16. The summed E-state index contributed by atoms with van der Waals surface area (Å²) in [6.07, 6.45) is 95.0. The summed E-state index contributed by atoms with van der Waals surface area (Å²) in [6, 6.07) is 0. The van der Waals surface area contributed by atoms with Crippen LogP contribution in [0.5, 0.6) is 0 Å². The van der Waals surface area contributed by atoms with Crippen LogP contribution in [0, 0.1) is 0 Å². The number of rotatable bonds is 67.